The second-order valence-electron chi connectivity index (χ2n) is 5.74. The van der Waals surface area contributed by atoms with Gasteiger partial charge in [0, 0.05) is 23.0 Å². The van der Waals surface area contributed by atoms with E-state index in [9.17, 15) is 9.59 Å². The third-order valence-electron chi connectivity index (χ3n) is 3.93. The van der Waals surface area contributed by atoms with Crippen LogP contribution in [0.1, 0.15) is 23.0 Å². The van der Waals surface area contributed by atoms with Crippen molar-refractivity contribution in [3.63, 3.8) is 0 Å². The Hall–Kier alpha value is -2.31. The lowest BCUT2D eigenvalue weighted by Crippen LogP contribution is -2.27. The van der Waals surface area contributed by atoms with Gasteiger partial charge in [0.1, 0.15) is 0 Å². The van der Waals surface area contributed by atoms with Gasteiger partial charge in [-0.1, -0.05) is 23.7 Å². The summed E-state index contributed by atoms with van der Waals surface area (Å²) in [6, 6.07) is 12.6. The minimum absolute atomic E-state index is 0.142. The van der Waals surface area contributed by atoms with Gasteiger partial charge < -0.3 is 5.32 Å². The van der Waals surface area contributed by atoms with Crippen molar-refractivity contribution >= 4 is 45.9 Å². The summed E-state index contributed by atoms with van der Waals surface area (Å²) in [5, 5.41) is 7.85. The van der Waals surface area contributed by atoms with E-state index in [0.29, 0.717) is 28.2 Å². The molecule has 0 unspecified atom stereocenters. The Morgan fingerprint density at radius 3 is 2.81 bits per heavy atom. The Morgan fingerprint density at radius 2 is 2.08 bits per heavy atom. The van der Waals surface area contributed by atoms with Crippen molar-refractivity contribution in [3.8, 4) is 0 Å². The summed E-state index contributed by atoms with van der Waals surface area (Å²) in [5.74, 6) is 0.319. The first-order valence-electron chi connectivity index (χ1n) is 8.13. The smallest absolute Gasteiger partial charge is 0.280 e. The molecule has 0 radical (unpaired) electrons. The van der Waals surface area contributed by atoms with E-state index in [1.54, 1.807) is 40.7 Å². The second-order valence-corrected chi connectivity index (χ2v) is 7.04. The van der Waals surface area contributed by atoms with Gasteiger partial charge in [-0.05, 0) is 49.1 Å². The first-order valence-corrected chi connectivity index (χ1v) is 9.90. The average Bonchev–Trinajstić information content (AvgIpc) is 2.63. The molecule has 0 fully saturated rings. The van der Waals surface area contributed by atoms with Crippen molar-refractivity contribution in [2.75, 3.05) is 11.6 Å². The first-order chi connectivity index (χ1) is 12.5. The van der Waals surface area contributed by atoms with Crippen LogP contribution in [0.3, 0.4) is 0 Å². The fourth-order valence-electron chi connectivity index (χ4n) is 2.75. The highest BCUT2D eigenvalue weighted by Gasteiger charge is 2.17. The minimum Gasteiger partial charge on any atom is -0.320 e. The van der Waals surface area contributed by atoms with Crippen molar-refractivity contribution in [1.29, 1.82) is 0 Å². The van der Waals surface area contributed by atoms with Crippen LogP contribution in [-0.2, 0) is 12.3 Å². The number of benzene rings is 2. The number of nitrogens with one attached hydrogen (secondary N) is 1. The fourth-order valence-corrected chi connectivity index (χ4v) is 3.43. The van der Waals surface area contributed by atoms with E-state index in [4.69, 9.17) is 11.6 Å². The number of carbonyl (C=O) groups is 1. The van der Waals surface area contributed by atoms with E-state index in [0.717, 1.165) is 11.3 Å². The van der Waals surface area contributed by atoms with Crippen LogP contribution in [0.4, 0.5) is 5.69 Å². The molecule has 0 saturated heterocycles. The number of amides is 1. The van der Waals surface area contributed by atoms with Crippen LogP contribution in [0.2, 0.25) is 5.02 Å². The van der Waals surface area contributed by atoms with Gasteiger partial charge in [-0.2, -0.15) is 16.9 Å². The van der Waals surface area contributed by atoms with E-state index >= 15 is 0 Å². The van der Waals surface area contributed by atoms with Gasteiger partial charge in [0.2, 0.25) is 5.43 Å². The van der Waals surface area contributed by atoms with Gasteiger partial charge in [0.15, 0.2) is 5.69 Å². The number of thioether (sulfide) groups is 1. The largest absolute Gasteiger partial charge is 0.320 e. The topological polar surface area (TPSA) is 64.0 Å². The lowest BCUT2D eigenvalue weighted by molar-refractivity contribution is 0.101. The van der Waals surface area contributed by atoms with Crippen molar-refractivity contribution in [1.82, 2.24) is 9.78 Å². The van der Waals surface area contributed by atoms with E-state index < -0.39 is 11.3 Å². The predicted octanol–water partition coefficient (Wildman–Crippen LogP) is 4.19. The molecule has 1 amide bonds. The third-order valence-corrected chi connectivity index (χ3v) is 4.78. The van der Waals surface area contributed by atoms with Gasteiger partial charge in [0.25, 0.3) is 5.91 Å². The van der Waals surface area contributed by atoms with E-state index in [1.165, 1.54) is 0 Å². The lowest BCUT2D eigenvalue weighted by Gasteiger charge is -2.11. The molecule has 3 rings (SSSR count). The Balaban J connectivity index is 2.02. The number of rotatable bonds is 5. The van der Waals surface area contributed by atoms with E-state index in [-0.39, 0.29) is 5.69 Å². The van der Waals surface area contributed by atoms with Crippen molar-refractivity contribution in [3.05, 3.63) is 69.0 Å². The third kappa shape index (κ3) is 3.76. The highest BCUT2D eigenvalue weighted by Crippen LogP contribution is 2.18. The van der Waals surface area contributed by atoms with Crippen molar-refractivity contribution in [2.45, 2.75) is 19.2 Å². The molecule has 0 aliphatic rings. The van der Waals surface area contributed by atoms with E-state index in [2.05, 4.69) is 10.4 Å². The molecule has 1 aromatic heterocycles. The number of aromatic nitrogens is 2. The molecule has 26 heavy (non-hydrogen) atoms. The SMILES string of the molecule is CCn1nc(C(=O)Nc2cccc(CSC)c2)c(=O)c2cc(Cl)ccc21. The van der Waals surface area contributed by atoms with Crippen LogP contribution in [0, 0.1) is 0 Å². The van der Waals surface area contributed by atoms with Crippen LogP contribution >= 0.6 is 23.4 Å². The highest BCUT2D eigenvalue weighted by molar-refractivity contribution is 7.97. The second kappa shape index (κ2) is 7.93. The number of fused-ring (bicyclic) bond motifs is 1. The van der Waals surface area contributed by atoms with Gasteiger partial charge in [-0.25, -0.2) is 0 Å². The van der Waals surface area contributed by atoms with Crippen molar-refractivity contribution in [2.24, 2.45) is 0 Å². The number of hydrogen-bond donors (Lipinski definition) is 1. The number of halogens is 1. The lowest BCUT2D eigenvalue weighted by atomic mass is 10.2. The molecule has 1 heterocycles. The first kappa shape index (κ1) is 18.5. The summed E-state index contributed by atoms with van der Waals surface area (Å²) in [4.78, 5) is 25.4. The summed E-state index contributed by atoms with van der Waals surface area (Å²) < 4.78 is 1.63. The zero-order valence-electron chi connectivity index (χ0n) is 14.5. The number of hydrogen-bond acceptors (Lipinski definition) is 4. The summed E-state index contributed by atoms with van der Waals surface area (Å²) in [5.41, 5.74) is 1.82. The molecule has 7 heteroatoms. The van der Waals surface area contributed by atoms with Crippen LogP contribution in [-0.4, -0.2) is 21.9 Å². The Morgan fingerprint density at radius 1 is 1.27 bits per heavy atom. The standard InChI is InChI=1S/C19H18ClN3O2S/c1-3-23-16-8-7-13(20)10-15(16)18(24)17(22-23)19(25)21-14-6-4-5-12(9-14)11-26-2/h4-10H,3,11H2,1-2H3,(H,21,25). The van der Waals surface area contributed by atoms with E-state index in [1.807, 2.05) is 31.4 Å². The fraction of sp³-hybridized carbons (Fsp3) is 0.211. The molecule has 0 bridgehead atoms. The van der Waals surface area contributed by atoms with Crippen molar-refractivity contribution < 1.29 is 4.79 Å². The monoisotopic (exact) mass is 387 g/mol. The van der Waals surface area contributed by atoms with Crippen LogP contribution < -0.4 is 10.7 Å². The summed E-state index contributed by atoms with van der Waals surface area (Å²) in [6.45, 7) is 2.43. The molecule has 2 aromatic carbocycles. The average molecular weight is 388 g/mol. The molecule has 0 saturated carbocycles. The number of nitrogens with zero attached hydrogens (tertiary/aromatic N) is 2. The minimum atomic E-state index is -0.527. The van der Waals surface area contributed by atoms with Crippen LogP contribution in [0.15, 0.2) is 47.3 Å². The Labute approximate surface area is 160 Å². The zero-order chi connectivity index (χ0) is 18.7. The summed E-state index contributed by atoms with van der Waals surface area (Å²) in [6.07, 6.45) is 2.02. The molecule has 3 aromatic rings. The maximum atomic E-state index is 12.8. The maximum Gasteiger partial charge on any atom is 0.280 e. The van der Waals surface area contributed by atoms with Gasteiger partial charge in [0.05, 0.1) is 10.9 Å². The number of anilines is 1. The Kier molecular flexibility index (Phi) is 5.64. The molecule has 5 nitrogen and oxygen atoms in total. The zero-order valence-corrected chi connectivity index (χ0v) is 16.0. The summed E-state index contributed by atoms with van der Waals surface area (Å²) >= 11 is 7.72. The van der Waals surface area contributed by atoms with Crippen LogP contribution in [0.25, 0.3) is 10.9 Å². The molecular weight excluding hydrogens is 370 g/mol. The molecule has 134 valence electrons. The summed E-state index contributed by atoms with van der Waals surface area (Å²) in [7, 11) is 0. The normalized spacial score (nSPS) is 10.9. The molecule has 0 aliphatic heterocycles. The van der Waals surface area contributed by atoms with Gasteiger partial charge >= 0.3 is 0 Å². The number of carbonyl (C=O) groups excluding carboxylic acids is 1. The molecule has 0 spiro atoms. The maximum absolute atomic E-state index is 12.8. The highest BCUT2D eigenvalue weighted by atomic mass is 35.5. The van der Waals surface area contributed by atoms with Gasteiger partial charge in [-0.15, -0.1) is 0 Å². The van der Waals surface area contributed by atoms with Gasteiger partial charge in [-0.3, -0.25) is 14.3 Å². The Bertz CT molecular complexity index is 1030. The molecule has 0 atom stereocenters. The predicted molar refractivity (Wildman–Crippen MR) is 108 cm³/mol. The molecule has 1 N–H and O–H groups in total. The van der Waals surface area contributed by atoms with Crippen LogP contribution in [0.5, 0.6) is 0 Å². The number of aryl methyl sites for hydroxylation is 1. The molecular formula is C19H18ClN3O2S. The quantitative estimate of drug-likeness (QED) is 0.713. The molecule has 0 aliphatic carbocycles.